The second-order valence-corrected chi connectivity index (χ2v) is 34.7. The molecule has 0 amide bonds. The van der Waals surface area contributed by atoms with E-state index in [1.807, 2.05) is 0 Å². The second-order valence-electron chi connectivity index (χ2n) is 31.8. The Morgan fingerprint density at radius 3 is 0.731 bits per heavy atom. The summed E-state index contributed by atoms with van der Waals surface area (Å²) < 4.78 is 68.9. The van der Waals surface area contributed by atoms with E-state index >= 15 is 0 Å². The number of aliphatic hydroxyl groups excluding tert-OH is 1. The number of carbonyl (C=O) groups excluding carboxylic acids is 4. The van der Waals surface area contributed by atoms with Crippen LogP contribution < -0.4 is 0 Å². The lowest BCUT2D eigenvalue weighted by molar-refractivity contribution is -0.161. The lowest BCUT2D eigenvalue weighted by Gasteiger charge is -2.21. The maximum atomic E-state index is 13.1. The molecule has 0 fully saturated rings. The van der Waals surface area contributed by atoms with Gasteiger partial charge >= 0.3 is 39.5 Å². The van der Waals surface area contributed by atoms with Crippen molar-refractivity contribution in [2.75, 3.05) is 39.6 Å². The quantitative estimate of drug-likeness (QED) is 0.0222. The first-order valence-electron chi connectivity index (χ1n) is 43.9. The molecule has 3 N–H and O–H groups in total. The number of ether oxygens (including phenoxy) is 4. The largest absolute Gasteiger partial charge is 0.472 e. The molecule has 19 heteroatoms. The standard InChI is InChI=1S/C85H166O17P2/c1-8-10-11-12-13-14-15-31-38-45-52-59-66-82(87)95-72-80(101-84(89)68-61-54-47-40-33-26-20-17-23-29-36-43-50-57-64-77(5)6)74-99-103(91,92)97-70-79(86)71-98-104(93,94)100-75-81(73-96-83(88)67-60-53-46-39-32-25-19-16-22-28-35-42-49-56-63-76(3)4)102-85(90)69-62-55-48-41-34-27-21-18-24-30-37-44-51-58-65-78(7)9-2/h76-81,86H,8-75H2,1-7H3,(H,91,92)(H,93,94)/t78?,79-,80+,81+/m0/s1. The molecule has 0 heterocycles. The Morgan fingerprint density at radius 2 is 0.490 bits per heavy atom. The third-order valence-electron chi connectivity index (χ3n) is 20.2. The third-order valence-corrected chi connectivity index (χ3v) is 22.1. The van der Waals surface area contributed by atoms with Crippen molar-refractivity contribution in [1.82, 2.24) is 0 Å². The van der Waals surface area contributed by atoms with Crippen LogP contribution in [0.4, 0.5) is 0 Å². The van der Waals surface area contributed by atoms with E-state index in [2.05, 4.69) is 48.5 Å². The van der Waals surface area contributed by atoms with Gasteiger partial charge in [-0.3, -0.25) is 37.3 Å². The smallest absolute Gasteiger partial charge is 0.462 e. The molecule has 0 rings (SSSR count). The number of rotatable bonds is 83. The van der Waals surface area contributed by atoms with Gasteiger partial charge in [0.15, 0.2) is 12.2 Å². The highest BCUT2D eigenvalue weighted by Gasteiger charge is 2.30. The lowest BCUT2D eigenvalue weighted by Crippen LogP contribution is -2.30. The summed E-state index contributed by atoms with van der Waals surface area (Å²) >= 11 is 0. The molecule has 0 aliphatic rings. The molecule has 0 aromatic rings. The second kappa shape index (κ2) is 75.1. The Balaban J connectivity index is 5.27. The van der Waals surface area contributed by atoms with Crippen LogP contribution in [0.5, 0.6) is 0 Å². The van der Waals surface area contributed by atoms with E-state index < -0.39 is 97.5 Å². The van der Waals surface area contributed by atoms with Gasteiger partial charge in [0.05, 0.1) is 26.4 Å². The number of phosphoric ester groups is 2. The fourth-order valence-electron chi connectivity index (χ4n) is 13.2. The summed E-state index contributed by atoms with van der Waals surface area (Å²) in [7, 11) is -9.93. The Bertz CT molecular complexity index is 2010. The van der Waals surface area contributed by atoms with Gasteiger partial charge in [0.1, 0.15) is 19.3 Å². The van der Waals surface area contributed by atoms with Gasteiger partial charge in [-0.05, 0) is 43.4 Å². The molecule has 104 heavy (non-hydrogen) atoms. The zero-order valence-corrected chi connectivity index (χ0v) is 70.3. The maximum absolute atomic E-state index is 13.1. The molecule has 17 nitrogen and oxygen atoms in total. The number of unbranched alkanes of at least 4 members (excludes halogenated alkanes) is 50. The molecule has 0 aromatic heterocycles. The summed E-state index contributed by atoms with van der Waals surface area (Å²) in [6.45, 7) is 12.1. The molecule has 0 aliphatic carbocycles. The number of aliphatic hydroxyl groups is 1. The topological polar surface area (TPSA) is 237 Å². The molecule has 3 unspecified atom stereocenters. The van der Waals surface area contributed by atoms with Gasteiger partial charge in [0, 0.05) is 25.7 Å². The van der Waals surface area contributed by atoms with Crippen molar-refractivity contribution in [2.45, 2.75) is 465 Å². The van der Waals surface area contributed by atoms with Crippen LogP contribution in [-0.2, 0) is 65.4 Å². The fourth-order valence-corrected chi connectivity index (χ4v) is 14.7. The SMILES string of the molecule is CCCCCCCCCCCCCCC(=O)OC[C@H](COP(=O)(O)OC[C@H](O)COP(=O)(O)OC[C@@H](COC(=O)CCCCCCCCCCCCCCCCC(C)C)OC(=O)CCCCCCCCCCCCCCCCC(C)CC)OC(=O)CCCCCCCCCCCCCCCCC(C)C. The van der Waals surface area contributed by atoms with Crippen molar-refractivity contribution in [1.29, 1.82) is 0 Å². The van der Waals surface area contributed by atoms with E-state index in [1.165, 1.54) is 257 Å². The molecule has 0 aliphatic heterocycles. The van der Waals surface area contributed by atoms with E-state index in [-0.39, 0.29) is 25.7 Å². The van der Waals surface area contributed by atoms with Crippen molar-refractivity contribution in [3.05, 3.63) is 0 Å². The van der Waals surface area contributed by atoms with Crippen molar-refractivity contribution >= 4 is 39.5 Å². The van der Waals surface area contributed by atoms with E-state index in [0.717, 1.165) is 108 Å². The average molecular weight is 1520 g/mol. The zero-order valence-electron chi connectivity index (χ0n) is 68.5. The highest BCUT2D eigenvalue weighted by molar-refractivity contribution is 7.47. The molecule has 0 radical (unpaired) electrons. The van der Waals surface area contributed by atoms with Crippen molar-refractivity contribution < 1.29 is 80.2 Å². The number of hydrogen-bond acceptors (Lipinski definition) is 15. The van der Waals surface area contributed by atoms with Crippen molar-refractivity contribution in [2.24, 2.45) is 17.8 Å². The first-order valence-corrected chi connectivity index (χ1v) is 46.9. The van der Waals surface area contributed by atoms with Gasteiger partial charge in [-0.15, -0.1) is 0 Å². The van der Waals surface area contributed by atoms with Crippen LogP contribution in [-0.4, -0.2) is 96.7 Å². The predicted octanol–water partition coefficient (Wildman–Crippen LogP) is 25.7. The van der Waals surface area contributed by atoms with Crippen molar-refractivity contribution in [3.63, 3.8) is 0 Å². The van der Waals surface area contributed by atoms with Gasteiger partial charge in [-0.25, -0.2) is 9.13 Å². The van der Waals surface area contributed by atoms with Crippen LogP contribution >= 0.6 is 15.6 Å². The number of hydrogen-bond donors (Lipinski definition) is 3. The highest BCUT2D eigenvalue weighted by atomic mass is 31.2. The number of esters is 4. The van der Waals surface area contributed by atoms with Crippen LogP contribution in [0.15, 0.2) is 0 Å². The summed E-state index contributed by atoms with van der Waals surface area (Å²) in [5.41, 5.74) is 0. The van der Waals surface area contributed by atoms with Crippen LogP contribution in [0, 0.1) is 17.8 Å². The fraction of sp³-hybridized carbons (Fsp3) is 0.953. The molecule has 0 bridgehead atoms. The minimum Gasteiger partial charge on any atom is -0.462 e. The lowest BCUT2D eigenvalue weighted by atomic mass is 9.99. The van der Waals surface area contributed by atoms with Crippen molar-refractivity contribution in [3.8, 4) is 0 Å². The molecule has 6 atom stereocenters. The monoisotopic (exact) mass is 1520 g/mol. The first kappa shape index (κ1) is 102. The van der Waals surface area contributed by atoms with Crippen LogP contribution in [0.2, 0.25) is 0 Å². The maximum Gasteiger partial charge on any atom is 0.472 e. The average Bonchev–Trinajstić information content (AvgIpc) is 0.911. The van der Waals surface area contributed by atoms with Gasteiger partial charge in [0.25, 0.3) is 0 Å². The summed E-state index contributed by atoms with van der Waals surface area (Å²) in [4.78, 5) is 73.2. The molecular formula is C85H166O17P2. The van der Waals surface area contributed by atoms with E-state index in [0.29, 0.717) is 25.7 Å². The van der Waals surface area contributed by atoms with Gasteiger partial charge < -0.3 is 33.8 Å². The van der Waals surface area contributed by atoms with E-state index in [9.17, 15) is 43.2 Å². The van der Waals surface area contributed by atoms with Gasteiger partial charge in [0.2, 0.25) is 0 Å². The number of phosphoric acid groups is 2. The predicted molar refractivity (Wildman–Crippen MR) is 428 cm³/mol. The molecule has 0 spiro atoms. The molecule has 0 saturated heterocycles. The van der Waals surface area contributed by atoms with Crippen LogP contribution in [0.3, 0.4) is 0 Å². The Kier molecular flexibility index (Phi) is 73.7. The third kappa shape index (κ3) is 76.8. The molecule has 618 valence electrons. The number of carbonyl (C=O) groups is 4. The summed E-state index contributed by atoms with van der Waals surface area (Å²) in [5.74, 6) is 0.337. The highest BCUT2D eigenvalue weighted by Crippen LogP contribution is 2.45. The Morgan fingerprint density at radius 1 is 0.279 bits per heavy atom. The van der Waals surface area contributed by atoms with Crippen LogP contribution in [0.25, 0.3) is 0 Å². The Labute approximate surface area is 638 Å². The van der Waals surface area contributed by atoms with Gasteiger partial charge in [-0.1, -0.05) is 395 Å². The minimum atomic E-state index is -4.97. The molecular weight excluding hydrogens is 1350 g/mol. The summed E-state index contributed by atoms with van der Waals surface area (Å²) in [6.07, 6.45) is 65.0. The molecule has 0 aromatic carbocycles. The Hall–Kier alpha value is -1.94. The molecule has 0 saturated carbocycles. The van der Waals surface area contributed by atoms with Gasteiger partial charge in [-0.2, -0.15) is 0 Å². The minimum absolute atomic E-state index is 0.108. The summed E-state index contributed by atoms with van der Waals surface area (Å²) in [6, 6.07) is 0. The van der Waals surface area contributed by atoms with E-state index in [4.69, 9.17) is 37.0 Å². The first-order chi connectivity index (χ1) is 50.3. The zero-order chi connectivity index (χ0) is 76.5. The van der Waals surface area contributed by atoms with Crippen LogP contribution in [0.1, 0.15) is 447 Å². The van der Waals surface area contributed by atoms with E-state index in [1.54, 1.807) is 0 Å². The normalized spacial score (nSPS) is 14.2. The summed E-state index contributed by atoms with van der Waals surface area (Å²) in [5, 5.41) is 10.7.